The van der Waals surface area contributed by atoms with Crippen LogP contribution < -0.4 is 10.1 Å². The van der Waals surface area contributed by atoms with Crippen molar-refractivity contribution in [3.8, 4) is 5.75 Å². The number of hydrogen-bond donors (Lipinski definition) is 1. The minimum absolute atomic E-state index is 0.119. The number of fused-ring (bicyclic) bond motifs is 1. The summed E-state index contributed by atoms with van der Waals surface area (Å²) in [7, 11) is 0. The lowest BCUT2D eigenvalue weighted by Gasteiger charge is -2.14. The molecule has 0 spiro atoms. The van der Waals surface area contributed by atoms with Crippen molar-refractivity contribution in [2.45, 2.75) is 32.7 Å². The summed E-state index contributed by atoms with van der Waals surface area (Å²) in [6.07, 6.45) is 0. The molecule has 0 radical (unpaired) electrons. The van der Waals surface area contributed by atoms with Crippen molar-refractivity contribution in [3.05, 3.63) is 47.3 Å². The molecular formula is C16H19N3O. The van der Waals surface area contributed by atoms with Crippen molar-refractivity contribution >= 4 is 5.95 Å². The summed E-state index contributed by atoms with van der Waals surface area (Å²) in [5.74, 6) is 2.02. The van der Waals surface area contributed by atoms with E-state index >= 15 is 0 Å². The van der Waals surface area contributed by atoms with Gasteiger partial charge in [-0.1, -0.05) is 32.0 Å². The van der Waals surface area contributed by atoms with E-state index in [1.807, 2.05) is 31.2 Å². The van der Waals surface area contributed by atoms with Gasteiger partial charge in [0.1, 0.15) is 12.4 Å². The monoisotopic (exact) mass is 269 g/mol. The molecule has 0 aliphatic carbocycles. The van der Waals surface area contributed by atoms with Gasteiger partial charge in [0.15, 0.2) is 0 Å². The lowest BCUT2D eigenvalue weighted by Crippen LogP contribution is -2.15. The van der Waals surface area contributed by atoms with E-state index in [1.165, 1.54) is 5.56 Å². The van der Waals surface area contributed by atoms with Crippen molar-refractivity contribution in [2.75, 3.05) is 11.9 Å². The number of anilines is 1. The van der Waals surface area contributed by atoms with Gasteiger partial charge in [0.25, 0.3) is 0 Å². The molecule has 4 heteroatoms. The molecular weight excluding hydrogens is 250 g/mol. The SMILES string of the molecule is Cc1cc(C(C)C)nc(NC2COc3ccccc32)n1. The molecule has 0 saturated heterocycles. The average molecular weight is 269 g/mol. The van der Waals surface area contributed by atoms with Gasteiger partial charge in [0, 0.05) is 17.0 Å². The molecule has 0 saturated carbocycles. The van der Waals surface area contributed by atoms with E-state index in [1.54, 1.807) is 0 Å². The Morgan fingerprint density at radius 1 is 1.25 bits per heavy atom. The normalized spacial score (nSPS) is 16.9. The van der Waals surface area contributed by atoms with Gasteiger partial charge in [-0.2, -0.15) is 0 Å². The number of ether oxygens (including phenoxy) is 1. The maximum absolute atomic E-state index is 5.67. The maximum Gasteiger partial charge on any atom is 0.223 e. The molecule has 0 amide bonds. The highest BCUT2D eigenvalue weighted by atomic mass is 16.5. The third kappa shape index (κ3) is 2.46. The molecule has 0 bridgehead atoms. The Kier molecular flexibility index (Phi) is 3.30. The summed E-state index contributed by atoms with van der Waals surface area (Å²) >= 11 is 0. The van der Waals surface area contributed by atoms with E-state index in [0.29, 0.717) is 18.5 Å². The predicted molar refractivity (Wildman–Crippen MR) is 79.2 cm³/mol. The summed E-state index contributed by atoms with van der Waals surface area (Å²) in [6, 6.07) is 10.2. The Morgan fingerprint density at radius 2 is 2.05 bits per heavy atom. The Labute approximate surface area is 119 Å². The maximum atomic E-state index is 5.67. The summed E-state index contributed by atoms with van der Waals surface area (Å²) in [6.45, 7) is 6.89. The molecule has 1 atom stereocenters. The van der Waals surface area contributed by atoms with Gasteiger partial charge in [-0.25, -0.2) is 9.97 Å². The lowest BCUT2D eigenvalue weighted by atomic mass is 10.1. The molecule has 0 fully saturated rings. The largest absolute Gasteiger partial charge is 0.491 e. The highest BCUT2D eigenvalue weighted by Crippen LogP contribution is 2.33. The first-order chi connectivity index (χ1) is 9.63. The summed E-state index contributed by atoms with van der Waals surface area (Å²) in [4.78, 5) is 9.07. The number of rotatable bonds is 3. The standard InChI is InChI=1S/C16H19N3O/c1-10(2)13-8-11(3)17-16(18-13)19-14-9-20-15-7-5-4-6-12(14)15/h4-8,10,14H,9H2,1-3H3,(H,17,18,19). The zero-order valence-electron chi connectivity index (χ0n) is 12.1. The highest BCUT2D eigenvalue weighted by molar-refractivity contribution is 5.44. The number of hydrogen-bond acceptors (Lipinski definition) is 4. The van der Waals surface area contributed by atoms with Crippen LogP contribution in [-0.4, -0.2) is 16.6 Å². The zero-order chi connectivity index (χ0) is 14.1. The van der Waals surface area contributed by atoms with E-state index in [0.717, 1.165) is 17.1 Å². The second kappa shape index (κ2) is 5.12. The molecule has 1 N–H and O–H groups in total. The Bertz CT molecular complexity index is 625. The fourth-order valence-electron chi connectivity index (χ4n) is 2.39. The van der Waals surface area contributed by atoms with Crippen LogP contribution in [0.2, 0.25) is 0 Å². The molecule has 3 rings (SSSR count). The van der Waals surface area contributed by atoms with Crippen LogP contribution in [0.25, 0.3) is 0 Å². The van der Waals surface area contributed by atoms with Gasteiger partial charge in [-0.15, -0.1) is 0 Å². The van der Waals surface area contributed by atoms with Crippen LogP contribution in [0.3, 0.4) is 0 Å². The number of aromatic nitrogens is 2. The number of aryl methyl sites for hydroxylation is 1. The average Bonchev–Trinajstić information content (AvgIpc) is 2.82. The van der Waals surface area contributed by atoms with Crippen LogP contribution in [0, 0.1) is 6.92 Å². The molecule has 20 heavy (non-hydrogen) atoms. The quantitative estimate of drug-likeness (QED) is 0.927. The van der Waals surface area contributed by atoms with Gasteiger partial charge < -0.3 is 10.1 Å². The van der Waals surface area contributed by atoms with E-state index in [9.17, 15) is 0 Å². The zero-order valence-corrected chi connectivity index (χ0v) is 12.1. The molecule has 1 unspecified atom stereocenters. The molecule has 2 heterocycles. The Balaban J connectivity index is 1.86. The summed E-state index contributed by atoms with van der Waals surface area (Å²) < 4.78 is 5.67. The first kappa shape index (κ1) is 12.9. The van der Waals surface area contributed by atoms with Gasteiger partial charge in [-0.05, 0) is 25.0 Å². The fourth-order valence-corrected chi connectivity index (χ4v) is 2.39. The van der Waals surface area contributed by atoms with Crippen LogP contribution in [0.4, 0.5) is 5.95 Å². The number of nitrogens with zero attached hydrogens (tertiary/aromatic N) is 2. The van der Waals surface area contributed by atoms with Gasteiger partial charge >= 0.3 is 0 Å². The second-order valence-electron chi connectivity index (χ2n) is 5.46. The van der Waals surface area contributed by atoms with Crippen molar-refractivity contribution in [3.63, 3.8) is 0 Å². The third-order valence-electron chi connectivity index (χ3n) is 3.47. The molecule has 1 aromatic carbocycles. The van der Waals surface area contributed by atoms with E-state index in [2.05, 4.69) is 35.2 Å². The number of benzene rings is 1. The van der Waals surface area contributed by atoms with E-state index < -0.39 is 0 Å². The van der Waals surface area contributed by atoms with Crippen molar-refractivity contribution in [1.29, 1.82) is 0 Å². The first-order valence-electron chi connectivity index (χ1n) is 6.97. The smallest absolute Gasteiger partial charge is 0.223 e. The first-order valence-corrected chi connectivity index (χ1v) is 6.97. The number of para-hydroxylation sites is 1. The number of nitrogens with one attached hydrogen (secondary N) is 1. The van der Waals surface area contributed by atoms with Crippen LogP contribution in [0.15, 0.2) is 30.3 Å². The molecule has 4 nitrogen and oxygen atoms in total. The summed E-state index contributed by atoms with van der Waals surface area (Å²) in [5.41, 5.74) is 3.22. The van der Waals surface area contributed by atoms with Crippen molar-refractivity contribution < 1.29 is 4.74 Å². The van der Waals surface area contributed by atoms with Crippen molar-refractivity contribution in [2.24, 2.45) is 0 Å². The van der Waals surface area contributed by atoms with Crippen molar-refractivity contribution in [1.82, 2.24) is 9.97 Å². The van der Waals surface area contributed by atoms with Crippen LogP contribution in [-0.2, 0) is 0 Å². The van der Waals surface area contributed by atoms with E-state index in [4.69, 9.17) is 4.74 Å². The molecule has 1 aliphatic heterocycles. The molecule has 1 aliphatic rings. The van der Waals surface area contributed by atoms with Crippen LogP contribution >= 0.6 is 0 Å². The summed E-state index contributed by atoms with van der Waals surface area (Å²) in [5, 5.41) is 3.39. The predicted octanol–water partition coefficient (Wildman–Crippen LogP) is 3.45. The van der Waals surface area contributed by atoms with Crippen LogP contribution in [0.1, 0.15) is 42.8 Å². The topological polar surface area (TPSA) is 47.0 Å². The molecule has 1 aromatic heterocycles. The fraction of sp³-hybridized carbons (Fsp3) is 0.375. The third-order valence-corrected chi connectivity index (χ3v) is 3.47. The van der Waals surface area contributed by atoms with Crippen LogP contribution in [0.5, 0.6) is 5.75 Å². The lowest BCUT2D eigenvalue weighted by molar-refractivity contribution is 0.339. The van der Waals surface area contributed by atoms with Gasteiger partial charge in [-0.3, -0.25) is 0 Å². The Morgan fingerprint density at radius 3 is 2.85 bits per heavy atom. The minimum Gasteiger partial charge on any atom is -0.491 e. The molecule has 104 valence electrons. The van der Waals surface area contributed by atoms with E-state index in [-0.39, 0.29) is 6.04 Å². The Hall–Kier alpha value is -2.10. The van der Waals surface area contributed by atoms with Gasteiger partial charge in [0.05, 0.1) is 6.04 Å². The second-order valence-corrected chi connectivity index (χ2v) is 5.46. The molecule has 2 aromatic rings. The van der Waals surface area contributed by atoms with Gasteiger partial charge in [0.2, 0.25) is 5.95 Å². The highest BCUT2D eigenvalue weighted by Gasteiger charge is 2.24. The minimum atomic E-state index is 0.119.